The second-order valence-electron chi connectivity index (χ2n) is 4.22. The lowest BCUT2D eigenvalue weighted by molar-refractivity contribution is -0.136. The molecule has 1 aromatic heterocycles. The molecule has 1 aromatic rings. The standard InChI is InChI=1S/C13H20N2O2S3/c1-4-5-6-7-8-18-12-14-15-13(20-12)19-9-17-11(16)10(2)3/h2,4-9H2,1,3H3. The first-order chi connectivity index (χ1) is 9.63. The van der Waals surface area contributed by atoms with Crippen molar-refractivity contribution in [2.75, 3.05) is 11.7 Å². The Hall–Kier alpha value is -0.530. The highest BCUT2D eigenvalue weighted by Gasteiger charge is 2.07. The summed E-state index contributed by atoms with van der Waals surface area (Å²) in [6.45, 7) is 7.37. The minimum absolute atomic E-state index is 0.251. The van der Waals surface area contributed by atoms with Crippen molar-refractivity contribution in [3.05, 3.63) is 12.2 Å². The SMILES string of the molecule is C=C(C)C(=O)OCSc1nnc(SCCCCCC)s1. The van der Waals surface area contributed by atoms with Crippen LogP contribution in [0, 0.1) is 0 Å². The molecule has 0 saturated carbocycles. The van der Waals surface area contributed by atoms with Crippen molar-refractivity contribution in [3.63, 3.8) is 0 Å². The zero-order chi connectivity index (χ0) is 14.8. The van der Waals surface area contributed by atoms with Gasteiger partial charge in [0.2, 0.25) is 0 Å². The minimum atomic E-state index is -0.368. The maximum Gasteiger partial charge on any atom is 0.333 e. The van der Waals surface area contributed by atoms with Gasteiger partial charge < -0.3 is 4.74 Å². The topological polar surface area (TPSA) is 52.1 Å². The van der Waals surface area contributed by atoms with Gasteiger partial charge in [0.15, 0.2) is 8.68 Å². The predicted octanol–water partition coefficient (Wildman–Crippen LogP) is 4.38. The van der Waals surface area contributed by atoms with Crippen LogP contribution >= 0.6 is 34.9 Å². The predicted molar refractivity (Wildman–Crippen MR) is 86.4 cm³/mol. The van der Waals surface area contributed by atoms with Crippen molar-refractivity contribution in [1.29, 1.82) is 0 Å². The third kappa shape index (κ3) is 7.31. The lowest BCUT2D eigenvalue weighted by atomic mass is 10.2. The number of carbonyl (C=O) groups excluding carboxylic acids is 1. The number of hydrogen-bond donors (Lipinski definition) is 0. The largest absolute Gasteiger partial charge is 0.451 e. The summed E-state index contributed by atoms with van der Waals surface area (Å²) >= 11 is 4.67. The first kappa shape index (κ1) is 17.5. The van der Waals surface area contributed by atoms with Gasteiger partial charge in [-0.3, -0.25) is 0 Å². The van der Waals surface area contributed by atoms with E-state index in [1.54, 1.807) is 30.0 Å². The van der Waals surface area contributed by atoms with Crippen LogP contribution in [-0.4, -0.2) is 27.9 Å². The van der Waals surface area contributed by atoms with Crippen molar-refractivity contribution in [2.24, 2.45) is 0 Å². The number of hydrogen-bond acceptors (Lipinski definition) is 7. The monoisotopic (exact) mass is 332 g/mol. The summed E-state index contributed by atoms with van der Waals surface area (Å²) in [7, 11) is 0. The third-order valence-corrected chi connectivity index (χ3v) is 5.44. The fourth-order valence-electron chi connectivity index (χ4n) is 1.26. The van der Waals surface area contributed by atoms with Crippen molar-refractivity contribution in [3.8, 4) is 0 Å². The third-order valence-electron chi connectivity index (χ3n) is 2.33. The van der Waals surface area contributed by atoms with E-state index in [9.17, 15) is 4.79 Å². The highest BCUT2D eigenvalue weighted by Crippen LogP contribution is 2.29. The van der Waals surface area contributed by atoms with Crippen molar-refractivity contribution >= 4 is 40.8 Å². The molecule has 0 aliphatic carbocycles. The van der Waals surface area contributed by atoms with Crippen LogP contribution in [0.5, 0.6) is 0 Å². The van der Waals surface area contributed by atoms with Crippen LogP contribution in [0.3, 0.4) is 0 Å². The molecular formula is C13H20N2O2S3. The second-order valence-corrected chi connectivity index (χ2v) is 7.71. The average Bonchev–Trinajstić information content (AvgIpc) is 2.86. The number of aromatic nitrogens is 2. The summed E-state index contributed by atoms with van der Waals surface area (Å²) in [5.74, 6) is 0.971. The van der Waals surface area contributed by atoms with Crippen LogP contribution in [0.2, 0.25) is 0 Å². The number of carbonyl (C=O) groups is 1. The Kier molecular flexibility index (Phi) is 8.97. The van der Waals surface area contributed by atoms with Gasteiger partial charge in [0.05, 0.1) is 0 Å². The normalized spacial score (nSPS) is 10.5. The Morgan fingerprint density at radius 1 is 1.25 bits per heavy atom. The molecule has 0 N–H and O–H groups in total. The van der Waals surface area contributed by atoms with E-state index < -0.39 is 0 Å². The van der Waals surface area contributed by atoms with Gasteiger partial charge in [-0.1, -0.05) is 67.6 Å². The lowest BCUT2D eigenvalue weighted by Crippen LogP contribution is -2.03. The molecule has 1 rings (SSSR count). The molecule has 112 valence electrons. The number of nitrogens with zero attached hydrogens (tertiary/aromatic N) is 2. The molecule has 1 heterocycles. The Bertz CT molecular complexity index is 435. The van der Waals surface area contributed by atoms with Gasteiger partial charge in [-0.05, 0) is 13.3 Å². The van der Waals surface area contributed by atoms with Gasteiger partial charge in [0, 0.05) is 11.3 Å². The maximum absolute atomic E-state index is 11.2. The van der Waals surface area contributed by atoms with Crippen LogP contribution in [-0.2, 0) is 9.53 Å². The first-order valence-electron chi connectivity index (χ1n) is 6.55. The summed E-state index contributed by atoms with van der Waals surface area (Å²) in [6, 6.07) is 0. The summed E-state index contributed by atoms with van der Waals surface area (Å²) < 4.78 is 6.81. The number of esters is 1. The second kappa shape index (κ2) is 10.2. The van der Waals surface area contributed by atoms with Gasteiger partial charge in [-0.25, -0.2) is 4.79 Å². The fourth-order valence-corrected chi connectivity index (χ4v) is 4.06. The molecule has 7 heteroatoms. The molecular weight excluding hydrogens is 312 g/mol. The quantitative estimate of drug-likeness (QED) is 0.208. The molecule has 20 heavy (non-hydrogen) atoms. The Morgan fingerprint density at radius 3 is 2.60 bits per heavy atom. The summed E-state index contributed by atoms with van der Waals surface area (Å²) in [6.07, 6.45) is 5.05. The average molecular weight is 333 g/mol. The van der Waals surface area contributed by atoms with E-state index >= 15 is 0 Å². The fraction of sp³-hybridized carbons (Fsp3) is 0.615. The van der Waals surface area contributed by atoms with E-state index in [1.807, 2.05) is 0 Å². The summed E-state index contributed by atoms with van der Waals surface area (Å²) in [5, 5.41) is 8.19. The zero-order valence-corrected chi connectivity index (χ0v) is 14.3. The highest BCUT2D eigenvalue weighted by atomic mass is 32.2. The van der Waals surface area contributed by atoms with E-state index in [0.717, 1.165) is 14.4 Å². The number of unbranched alkanes of at least 4 members (excludes halogenated alkanes) is 3. The lowest BCUT2D eigenvalue weighted by Gasteiger charge is -2.00. The van der Waals surface area contributed by atoms with Crippen molar-refractivity contribution < 1.29 is 9.53 Å². The molecule has 0 radical (unpaired) electrons. The molecule has 0 spiro atoms. The van der Waals surface area contributed by atoms with Crippen LogP contribution in [0.25, 0.3) is 0 Å². The molecule has 0 saturated heterocycles. The Morgan fingerprint density at radius 2 is 1.95 bits per heavy atom. The van der Waals surface area contributed by atoms with E-state index in [4.69, 9.17) is 4.74 Å². The van der Waals surface area contributed by atoms with Gasteiger partial charge in [0.25, 0.3) is 0 Å². The van der Waals surface area contributed by atoms with E-state index in [1.165, 1.54) is 37.4 Å². The molecule has 0 aliphatic heterocycles. The first-order valence-corrected chi connectivity index (χ1v) is 9.34. The molecule has 0 amide bonds. The van der Waals surface area contributed by atoms with Crippen molar-refractivity contribution in [2.45, 2.75) is 48.2 Å². The van der Waals surface area contributed by atoms with Crippen LogP contribution in [0.15, 0.2) is 20.8 Å². The number of ether oxygens (including phenoxy) is 1. The van der Waals surface area contributed by atoms with Gasteiger partial charge in [-0.2, -0.15) is 0 Å². The van der Waals surface area contributed by atoms with E-state index in [2.05, 4.69) is 23.7 Å². The number of rotatable bonds is 10. The summed E-state index contributed by atoms with van der Waals surface area (Å²) in [5.41, 5.74) is 0.409. The Labute approximate surface area is 132 Å². The van der Waals surface area contributed by atoms with Gasteiger partial charge in [0.1, 0.15) is 5.94 Å². The van der Waals surface area contributed by atoms with Crippen LogP contribution in [0.4, 0.5) is 0 Å². The molecule has 0 fully saturated rings. The van der Waals surface area contributed by atoms with E-state index in [-0.39, 0.29) is 11.9 Å². The van der Waals surface area contributed by atoms with Crippen molar-refractivity contribution in [1.82, 2.24) is 10.2 Å². The molecule has 0 atom stereocenters. The molecule has 0 unspecified atom stereocenters. The van der Waals surface area contributed by atoms with Gasteiger partial charge >= 0.3 is 5.97 Å². The smallest absolute Gasteiger partial charge is 0.333 e. The maximum atomic E-state index is 11.2. The molecule has 0 aromatic carbocycles. The highest BCUT2D eigenvalue weighted by molar-refractivity contribution is 8.03. The molecule has 4 nitrogen and oxygen atoms in total. The number of thioether (sulfide) groups is 2. The molecule has 0 bridgehead atoms. The zero-order valence-electron chi connectivity index (χ0n) is 11.9. The minimum Gasteiger partial charge on any atom is -0.451 e. The summed E-state index contributed by atoms with van der Waals surface area (Å²) in [4.78, 5) is 11.2. The van der Waals surface area contributed by atoms with Crippen LogP contribution < -0.4 is 0 Å². The molecule has 0 aliphatic rings. The Balaban J connectivity index is 2.19. The van der Waals surface area contributed by atoms with Crippen LogP contribution in [0.1, 0.15) is 39.5 Å². The van der Waals surface area contributed by atoms with Gasteiger partial charge in [-0.15, -0.1) is 10.2 Å². The van der Waals surface area contributed by atoms with E-state index in [0.29, 0.717) is 5.57 Å².